The van der Waals surface area contributed by atoms with Gasteiger partial charge >= 0.3 is 0 Å². The van der Waals surface area contributed by atoms with E-state index >= 15 is 0 Å². The molecule has 4 heteroatoms. The summed E-state index contributed by atoms with van der Waals surface area (Å²) in [5, 5.41) is 2.90. The van der Waals surface area contributed by atoms with Crippen LogP contribution in [-0.2, 0) is 17.6 Å². The molecule has 1 aliphatic carbocycles. The molecule has 1 amide bonds. The average Bonchev–Trinajstić information content (AvgIpc) is 2.81. The SMILES string of the molecule is C=C(C)COCCNC(=O)c1cc2c(s1)CCCC2. The monoisotopic (exact) mass is 279 g/mol. The van der Waals surface area contributed by atoms with Crippen molar-refractivity contribution in [1.29, 1.82) is 0 Å². The van der Waals surface area contributed by atoms with Crippen molar-refractivity contribution in [1.82, 2.24) is 5.32 Å². The number of aryl methyl sites for hydroxylation is 2. The summed E-state index contributed by atoms with van der Waals surface area (Å²) >= 11 is 1.65. The smallest absolute Gasteiger partial charge is 0.261 e. The quantitative estimate of drug-likeness (QED) is 0.642. The number of ether oxygens (including phenoxy) is 1. The maximum Gasteiger partial charge on any atom is 0.261 e. The van der Waals surface area contributed by atoms with E-state index < -0.39 is 0 Å². The van der Waals surface area contributed by atoms with Crippen molar-refractivity contribution in [3.63, 3.8) is 0 Å². The highest BCUT2D eigenvalue weighted by Gasteiger charge is 2.16. The zero-order valence-corrected chi connectivity index (χ0v) is 12.3. The summed E-state index contributed by atoms with van der Waals surface area (Å²) in [5.74, 6) is 0.0262. The van der Waals surface area contributed by atoms with E-state index in [1.54, 1.807) is 11.3 Å². The molecule has 0 unspecified atom stereocenters. The minimum atomic E-state index is 0.0262. The van der Waals surface area contributed by atoms with Gasteiger partial charge in [0.25, 0.3) is 5.91 Å². The number of hydrogen-bond acceptors (Lipinski definition) is 3. The van der Waals surface area contributed by atoms with Crippen molar-refractivity contribution in [2.45, 2.75) is 32.6 Å². The van der Waals surface area contributed by atoms with Crippen LogP contribution < -0.4 is 5.32 Å². The van der Waals surface area contributed by atoms with Crippen molar-refractivity contribution in [3.05, 3.63) is 33.5 Å². The molecule has 1 aromatic rings. The molecular formula is C15H21NO2S. The fraction of sp³-hybridized carbons (Fsp3) is 0.533. The van der Waals surface area contributed by atoms with Crippen LogP contribution in [0.2, 0.25) is 0 Å². The molecule has 0 aromatic carbocycles. The first-order chi connectivity index (χ1) is 9.16. The first-order valence-electron chi connectivity index (χ1n) is 6.78. The van der Waals surface area contributed by atoms with Gasteiger partial charge in [0.05, 0.1) is 18.1 Å². The molecule has 0 radical (unpaired) electrons. The first kappa shape index (κ1) is 14.3. The number of nitrogens with one attached hydrogen (secondary N) is 1. The Kier molecular flexibility index (Phi) is 5.16. The van der Waals surface area contributed by atoms with E-state index in [9.17, 15) is 4.79 Å². The molecular weight excluding hydrogens is 258 g/mol. The molecule has 1 heterocycles. The second-order valence-corrected chi connectivity index (χ2v) is 6.17. The summed E-state index contributed by atoms with van der Waals surface area (Å²) in [6, 6.07) is 2.06. The van der Waals surface area contributed by atoms with Crippen LogP contribution in [0.3, 0.4) is 0 Å². The van der Waals surface area contributed by atoms with Gasteiger partial charge in [-0.2, -0.15) is 0 Å². The highest BCUT2D eigenvalue weighted by Crippen LogP contribution is 2.29. The van der Waals surface area contributed by atoms with Crippen LogP contribution in [0.25, 0.3) is 0 Å². The average molecular weight is 279 g/mol. The zero-order chi connectivity index (χ0) is 13.7. The number of carbonyl (C=O) groups excluding carboxylic acids is 1. The molecule has 19 heavy (non-hydrogen) atoms. The van der Waals surface area contributed by atoms with E-state index in [1.807, 2.05) is 6.92 Å². The summed E-state index contributed by atoms with van der Waals surface area (Å²) in [6.45, 7) is 7.33. The maximum absolute atomic E-state index is 12.0. The van der Waals surface area contributed by atoms with Gasteiger partial charge in [0.15, 0.2) is 0 Å². The Morgan fingerprint density at radius 2 is 2.26 bits per heavy atom. The predicted octanol–water partition coefficient (Wildman–Crippen LogP) is 2.95. The summed E-state index contributed by atoms with van der Waals surface area (Å²) in [7, 11) is 0. The third-order valence-electron chi connectivity index (χ3n) is 3.10. The molecule has 0 saturated heterocycles. The molecule has 0 atom stereocenters. The molecule has 0 fully saturated rings. The number of rotatable bonds is 6. The molecule has 1 aromatic heterocycles. The van der Waals surface area contributed by atoms with E-state index in [0.717, 1.165) is 23.3 Å². The Bertz CT molecular complexity index is 441. The zero-order valence-electron chi connectivity index (χ0n) is 11.5. The highest BCUT2D eigenvalue weighted by molar-refractivity contribution is 7.14. The van der Waals surface area contributed by atoms with Gasteiger partial charge in [-0.3, -0.25) is 4.79 Å². The van der Waals surface area contributed by atoms with Crippen LogP contribution in [0.1, 0.15) is 39.9 Å². The largest absolute Gasteiger partial charge is 0.375 e. The van der Waals surface area contributed by atoms with Crippen LogP contribution in [0.5, 0.6) is 0 Å². The fourth-order valence-corrected chi connectivity index (χ4v) is 3.34. The standard InChI is InChI=1S/C15H21NO2S/c1-11(2)10-18-8-7-16-15(17)14-9-12-5-3-4-6-13(12)19-14/h9H,1,3-8,10H2,2H3,(H,16,17). The van der Waals surface area contributed by atoms with Gasteiger partial charge in [-0.15, -0.1) is 11.3 Å². The van der Waals surface area contributed by atoms with Crippen LogP contribution in [-0.4, -0.2) is 25.7 Å². The van der Waals surface area contributed by atoms with Gasteiger partial charge in [-0.05, 0) is 44.2 Å². The number of amides is 1. The van der Waals surface area contributed by atoms with Crippen molar-refractivity contribution >= 4 is 17.2 Å². The highest BCUT2D eigenvalue weighted by atomic mass is 32.1. The van der Waals surface area contributed by atoms with Crippen molar-refractivity contribution in [2.24, 2.45) is 0 Å². The maximum atomic E-state index is 12.0. The molecule has 1 aliphatic rings. The fourth-order valence-electron chi connectivity index (χ4n) is 2.17. The van der Waals surface area contributed by atoms with Crippen LogP contribution in [0.15, 0.2) is 18.2 Å². The lowest BCUT2D eigenvalue weighted by atomic mass is 9.99. The third-order valence-corrected chi connectivity index (χ3v) is 4.34. The number of thiophene rings is 1. The summed E-state index contributed by atoms with van der Waals surface area (Å²) in [5.41, 5.74) is 2.37. The van der Waals surface area contributed by atoms with Gasteiger partial charge in [0.2, 0.25) is 0 Å². The topological polar surface area (TPSA) is 38.3 Å². The molecule has 0 aliphatic heterocycles. The lowest BCUT2D eigenvalue weighted by Crippen LogP contribution is -2.26. The molecule has 0 spiro atoms. The van der Waals surface area contributed by atoms with E-state index in [2.05, 4.69) is 18.0 Å². The summed E-state index contributed by atoms with van der Waals surface area (Å²) in [6.07, 6.45) is 4.76. The number of carbonyl (C=O) groups is 1. The first-order valence-corrected chi connectivity index (χ1v) is 7.60. The summed E-state index contributed by atoms with van der Waals surface area (Å²) < 4.78 is 5.35. The Balaban J connectivity index is 1.77. The Morgan fingerprint density at radius 3 is 3.00 bits per heavy atom. The van der Waals surface area contributed by atoms with E-state index in [0.29, 0.717) is 19.8 Å². The molecule has 1 N–H and O–H groups in total. The van der Waals surface area contributed by atoms with Crippen LogP contribution in [0.4, 0.5) is 0 Å². The molecule has 3 nitrogen and oxygen atoms in total. The molecule has 0 bridgehead atoms. The summed E-state index contributed by atoms with van der Waals surface area (Å²) in [4.78, 5) is 14.2. The molecule has 2 rings (SSSR count). The second-order valence-electron chi connectivity index (χ2n) is 5.03. The van der Waals surface area contributed by atoms with Gasteiger partial charge in [-0.25, -0.2) is 0 Å². The number of fused-ring (bicyclic) bond motifs is 1. The predicted molar refractivity (Wildman–Crippen MR) is 78.9 cm³/mol. The van der Waals surface area contributed by atoms with Gasteiger partial charge in [-0.1, -0.05) is 12.2 Å². The van der Waals surface area contributed by atoms with E-state index in [-0.39, 0.29) is 5.91 Å². The van der Waals surface area contributed by atoms with E-state index in [4.69, 9.17) is 4.74 Å². The van der Waals surface area contributed by atoms with Crippen molar-refractivity contribution in [2.75, 3.05) is 19.8 Å². The van der Waals surface area contributed by atoms with Crippen LogP contribution in [0, 0.1) is 0 Å². The van der Waals surface area contributed by atoms with E-state index in [1.165, 1.54) is 23.3 Å². The Labute approximate surface area is 118 Å². The number of hydrogen-bond donors (Lipinski definition) is 1. The second kappa shape index (κ2) is 6.87. The lowest BCUT2D eigenvalue weighted by molar-refractivity contribution is 0.0930. The minimum absolute atomic E-state index is 0.0262. The molecule has 0 saturated carbocycles. The molecule has 104 valence electrons. The lowest BCUT2D eigenvalue weighted by Gasteiger charge is -2.08. The van der Waals surface area contributed by atoms with Crippen LogP contribution >= 0.6 is 11.3 Å². The van der Waals surface area contributed by atoms with Gasteiger partial charge < -0.3 is 10.1 Å². The normalized spacial score (nSPS) is 13.9. The van der Waals surface area contributed by atoms with Gasteiger partial charge in [0.1, 0.15) is 0 Å². The van der Waals surface area contributed by atoms with Gasteiger partial charge in [0, 0.05) is 11.4 Å². The third kappa shape index (κ3) is 4.18. The Morgan fingerprint density at radius 1 is 1.47 bits per heavy atom. The van der Waals surface area contributed by atoms with Crippen molar-refractivity contribution in [3.8, 4) is 0 Å². The van der Waals surface area contributed by atoms with Crippen molar-refractivity contribution < 1.29 is 9.53 Å². The minimum Gasteiger partial charge on any atom is -0.375 e. The Hall–Kier alpha value is -1.13.